The number of carbonyl (C=O) groups is 2. The third kappa shape index (κ3) is 7.82. The molecule has 4 heteroatoms. The summed E-state index contributed by atoms with van der Waals surface area (Å²) in [6.45, 7) is 6.07. The first kappa shape index (κ1) is 19.2. The molecule has 23 heavy (non-hydrogen) atoms. The van der Waals surface area contributed by atoms with Gasteiger partial charge in [-0.15, -0.1) is 0 Å². The van der Waals surface area contributed by atoms with E-state index in [4.69, 9.17) is 9.47 Å². The van der Waals surface area contributed by atoms with Crippen molar-refractivity contribution in [1.29, 1.82) is 0 Å². The first-order valence-electron chi connectivity index (χ1n) is 8.58. The van der Waals surface area contributed by atoms with E-state index in [1.54, 1.807) is 12.1 Å². The molecule has 0 fully saturated rings. The Labute approximate surface area is 139 Å². The highest BCUT2D eigenvalue weighted by Gasteiger charge is 2.14. The first-order valence-corrected chi connectivity index (χ1v) is 8.58. The van der Waals surface area contributed by atoms with Crippen LogP contribution in [0.2, 0.25) is 0 Å². The fourth-order valence-corrected chi connectivity index (χ4v) is 2.17. The van der Waals surface area contributed by atoms with Crippen LogP contribution in [0.1, 0.15) is 70.8 Å². The van der Waals surface area contributed by atoms with Gasteiger partial charge < -0.3 is 9.47 Å². The normalized spacial score (nSPS) is 10.4. The van der Waals surface area contributed by atoms with Crippen LogP contribution in [-0.4, -0.2) is 11.9 Å². The summed E-state index contributed by atoms with van der Waals surface area (Å²) in [7, 11) is 0. The Kier molecular flexibility index (Phi) is 9.03. The molecule has 0 N–H and O–H groups in total. The molecule has 0 saturated heterocycles. The molecule has 0 heterocycles. The Bertz CT molecular complexity index is 508. The van der Waals surface area contributed by atoms with Crippen molar-refractivity contribution in [3.63, 3.8) is 0 Å². The van der Waals surface area contributed by atoms with Crippen molar-refractivity contribution in [3.8, 4) is 11.5 Å². The van der Waals surface area contributed by atoms with E-state index in [1.807, 2.05) is 13.0 Å². The standard InChI is InChI=1S/C19H28O4/c1-4-6-8-10-18(20)22-16-13-12-15(3)14-17(16)23-19(21)11-9-7-5-2/h12-14H,4-11H2,1-3H3. The summed E-state index contributed by atoms with van der Waals surface area (Å²) in [5.41, 5.74) is 0.951. The molecule has 0 aromatic heterocycles. The number of aryl methyl sites for hydroxylation is 1. The maximum atomic E-state index is 11.9. The second-order valence-electron chi connectivity index (χ2n) is 5.81. The van der Waals surface area contributed by atoms with Gasteiger partial charge in [-0.2, -0.15) is 0 Å². The summed E-state index contributed by atoms with van der Waals surface area (Å²) in [5, 5.41) is 0. The zero-order chi connectivity index (χ0) is 17.1. The van der Waals surface area contributed by atoms with Crippen molar-refractivity contribution < 1.29 is 19.1 Å². The molecule has 4 nitrogen and oxygen atoms in total. The quantitative estimate of drug-likeness (QED) is 0.347. The van der Waals surface area contributed by atoms with Gasteiger partial charge in [0.15, 0.2) is 11.5 Å². The van der Waals surface area contributed by atoms with Crippen molar-refractivity contribution in [2.24, 2.45) is 0 Å². The minimum Gasteiger partial charge on any atom is -0.423 e. The molecule has 0 aliphatic carbocycles. The van der Waals surface area contributed by atoms with Crippen LogP contribution in [-0.2, 0) is 9.59 Å². The molecule has 0 saturated carbocycles. The van der Waals surface area contributed by atoms with E-state index in [9.17, 15) is 9.59 Å². The van der Waals surface area contributed by atoms with Crippen LogP contribution < -0.4 is 9.47 Å². The predicted molar refractivity (Wildman–Crippen MR) is 90.7 cm³/mol. The molecule has 128 valence electrons. The monoisotopic (exact) mass is 320 g/mol. The fourth-order valence-electron chi connectivity index (χ4n) is 2.17. The van der Waals surface area contributed by atoms with Crippen molar-refractivity contribution in [1.82, 2.24) is 0 Å². The van der Waals surface area contributed by atoms with Gasteiger partial charge in [0.05, 0.1) is 0 Å². The Morgan fingerprint density at radius 1 is 0.826 bits per heavy atom. The molecule has 0 radical (unpaired) electrons. The summed E-state index contributed by atoms with van der Waals surface area (Å²) in [5.74, 6) is 0.0780. The average Bonchev–Trinajstić information content (AvgIpc) is 2.50. The fraction of sp³-hybridized carbons (Fsp3) is 0.579. The Morgan fingerprint density at radius 2 is 1.35 bits per heavy atom. The minimum atomic E-state index is -0.286. The van der Waals surface area contributed by atoms with Crippen molar-refractivity contribution in [2.45, 2.75) is 72.1 Å². The lowest BCUT2D eigenvalue weighted by Crippen LogP contribution is -2.12. The number of ether oxygens (including phenoxy) is 2. The summed E-state index contributed by atoms with van der Waals surface area (Å²) in [4.78, 5) is 23.7. The molecule has 0 bridgehead atoms. The van der Waals surface area contributed by atoms with Crippen LogP contribution in [0, 0.1) is 6.92 Å². The van der Waals surface area contributed by atoms with E-state index >= 15 is 0 Å². The van der Waals surface area contributed by atoms with Crippen LogP contribution in [0.25, 0.3) is 0 Å². The highest BCUT2D eigenvalue weighted by atomic mass is 16.6. The van der Waals surface area contributed by atoms with Gasteiger partial charge in [0, 0.05) is 12.8 Å². The maximum absolute atomic E-state index is 11.9. The third-order valence-corrected chi connectivity index (χ3v) is 3.52. The lowest BCUT2D eigenvalue weighted by Gasteiger charge is -2.11. The molecule has 0 spiro atoms. The number of hydrogen-bond donors (Lipinski definition) is 0. The zero-order valence-corrected chi connectivity index (χ0v) is 14.5. The minimum absolute atomic E-state index is 0.285. The molecule has 0 atom stereocenters. The highest BCUT2D eigenvalue weighted by molar-refractivity contribution is 5.76. The first-order chi connectivity index (χ1) is 11.1. The van der Waals surface area contributed by atoms with Crippen LogP contribution >= 0.6 is 0 Å². The van der Waals surface area contributed by atoms with E-state index in [0.29, 0.717) is 24.3 Å². The van der Waals surface area contributed by atoms with Gasteiger partial charge in [0.25, 0.3) is 0 Å². The second-order valence-corrected chi connectivity index (χ2v) is 5.81. The molecule has 0 unspecified atom stereocenters. The van der Waals surface area contributed by atoms with Gasteiger partial charge in [-0.05, 0) is 37.5 Å². The van der Waals surface area contributed by atoms with Gasteiger partial charge in [-0.3, -0.25) is 9.59 Å². The SMILES string of the molecule is CCCCCC(=O)Oc1ccc(C)cc1OC(=O)CCCCC. The Morgan fingerprint density at radius 3 is 1.87 bits per heavy atom. The summed E-state index contributed by atoms with van der Waals surface area (Å²) < 4.78 is 10.7. The summed E-state index contributed by atoms with van der Waals surface area (Å²) in [6, 6.07) is 5.25. The molecule has 1 aromatic rings. The number of benzene rings is 1. The predicted octanol–water partition coefficient (Wildman–Crippen LogP) is 4.97. The Hall–Kier alpha value is -1.84. The van der Waals surface area contributed by atoms with Gasteiger partial charge in [-0.25, -0.2) is 0 Å². The van der Waals surface area contributed by atoms with E-state index in [-0.39, 0.29) is 11.9 Å². The van der Waals surface area contributed by atoms with Gasteiger partial charge >= 0.3 is 11.9 Å². The van der Waals surface area contributed by atoms with Crippen LogP contribution in [0.15, 0.2) is 18.2 Å². The number of carbonyl (C=O) groups excluding carboxylic acids is 2. The molecular formula is C19H28O4. The molecule has 1 rings (SSSR count). The number of hydrogen-bond acceptors (Lipinski definition) is 4. The largest absolute Gasteiger partial charge is 0.423 e. The van der Waals surface area contributed by atoms with Gasteiger partial charge in [0.2, 0.25) is 0 Å². The van der Waals surface area contributed by atoms with Gasteiger partial charge in [-0.1, -0.05) is 45.6 Å². The Balaban J connectivity index is 2.65. The zero-order valence-electron chi connectivity index (χ0n) is 14.5. The van der Waals surface area contributed by atoms with E-state index in [0.717, 1.165) is 44.1 Å². The molecule has 0 aliphatic heterocycles. The van der Waals surface area contributed by atoms with Crippen molar-refractivity contribution in [3.05, 3.63) is 23.8 Å². The molecule has 0 amide bonds. The lowest BCUT2D eigenvalue weighted by molar-refractivity contribution is -0.137. The van der Waals surface area contributed by atoms with E-state index < -0.39 is 0 Å². The van der Waals surface area contributed by atoms with Crippen LogP contribution in [0.5, 0.6) is 11.5 Å². The summed E-state index contributed by atoms with van der Waals surface area (Å²) in [6.07, 6.45) is 6.50. The second kappa shape index (κ2) is 10.8. The van der Waals surface area contributed by atoms with E-state index in [1.165, 1.54) is 0 Å². The smallest absolute Gasteiger partial charge is 0.311 e. The summed E-state index contributed by atoms with van der Waals surface area (Å²) >= 11 is 0. The van der Waals surface area contributed by atoms with Crippen LogP contribution in [0.4, 0.5) is 0 Å². The van der Waals surface area contributed by atoms with E-state index in [2.05, 4.69) is 13.8 Å². The molecule has 1 aromatic carbocycles. The highest BCUT2D eigenvalue weighted by Crippen LogP contribution is 2.29. The van der Waals surface area contributed by atoms with Crippen molar-refractivity contribution >= 4 is 11.9 Å². The maximum Gasteiger partial charge on any atom is 0.311 e. The number of esters is 2. The molecule has 0 aliphatic rings. The number of rotatable bonds is 10. The van der Waals surface area contributed by atoms with Crippen molar-refractivity contribution in [2.75, 3.05) is 0 Å². The average molecular weight is 320 g/mol. The lowest BCUT2D eigenvalue weighted by atomic mass is 10.2. The third-order valence-electron chi connectivity index (χ3n) is 3.52. The van der Waals surface area contributed by atoms with Crippen LogP contribution in [0.3, 0.4) is 0 Å². The van der Waals surface area contributed by atoms with Gasteiger partial charge in [0.1, 0.15) is 0 Å². The molecular weight excluding hydrogens is 292 g/mol. The topological polar surface area (TPSA) is 52.6 Å². The number of unbranched alkanes of at least 4 members (excludes halogenated alkanes) is 4.